The molecule has 1 N–H and O–H groups in total. The summed E-state index contributed by atoms with van der Waals surface area (Å²) >= 11 is 0. The third-order valence-electron chi connectivity index (χ3n) is 3.60. The number of carboxylic acids is 1. The summed E-state index contributed by atoms with van der Waals surface area (Å²) < 4.78 is 0. The van der Waals surface area contributed by atoms with Crippen molar-refractivity contribution in [2.24, 2.45) is 0 Å². The zero-order valence-corrected chi connectivity index (χ0v) is 11.9. The van der Waals surface area contributed by atoms with Gasteiger partial charge in [-0.2, -0.15) is 0 Å². The molecule has 100 valence electrons. The molecule has 0 saturated heterocycles. The van der Waals surface area contributed by atoms with E-state index in [2.05, 4.69) is 6.07 Å². The minimum Gasteiger partial charge on any atom is -0.480 e. The molecule has 1 aromatic rings. The Morgan fingerprint density at radius 2 is 1.61 bits per heavy atom. The molecule has 18 heavy (non-hydrogen) atoms. The first-order chi connectivity index (χ1) is 8.36. The number of rotatable bonds is 5. The van der Waals surface area contributed by atoms with E-state index < -0.39 is 11.5 Å². The molecule has 3 nitrogen and oxygen atoms in total. The zero-order valence-electron chi connectivity index (χ0n) is 11.9. The lowest BCUT2D eigenvalue weighted by Gasteiger charge is -2.37. The maximum Gasteiger partial charge on any atom is 0.328 e. The molecule has 1 aromatic carbocycles. The third-order valence-corrected chi connectivity index (χ3v) is 3.60. The summed E-state index contributed by atoms with van der Waals surface area (Å²) in [5, 5.41) is 9.66. The average Bonchev–Trinajstić information content (AvgIpc) is 2.28. The van der Waals surface area contributed by atoms with Gasteiger partial charge < -0.3 is 5.11 Å². The van der Waals surface area contributed by atoms with Crippen LogP contribution in [0.15, 0.2) is 18.2 Å². The normalized spacial score (nSPS) is 14.6. The van der Waals surface area contributed by atoms with Gasteiger partial charge in [-0.3, -0.25) is 4.90 Å². The number of carbonyl (C=O) groups is 1. The lowest BCUT2D eigenvalue weighted by molar-refractivity contribution is -0.151. The van der Waals surface area contributed by atoms with Crippen molar-refractivity contribution in [3.8, 4) is 0 Å². The van der Waals surface area contributed by atoms with E-state index >= 15 is 0 Å². The number of aliphatic carboxylic acids is 1. The molecule has 0 aromatic heterocycles. The summed E-state index contributed by atoms with van der Waals surface area (Å²) in [6.45, 7) is 11.2. The van der Waals surface area contributed by atoms with Crippen molar-refractivity contribution in [2.45, 2.75) is 40.2 Å². The Balaban J connectivity index is 3.39. The molecule has 3 heteroatoms. The fourth-order valence-electron chi connectivity index (χ4n) is 2.55. The van der Waals surface area contributed by atoms with Gasteiger partial charge in [0.25, 0.3) is 0 Å². The first-order valence-electron chi connectivity index (χ1n) is 6.43. The molecule has 1 unspecified atom stereocenters. The van der Waals surface area contributed by atoms with E-state index in [0.717, 1.165) is 16.7 Å². The molecule has 0 aliphatic heterocycles. The van der Waals surface area contributed by atoms with E-state index in [0.29, 0.717) is 13.1 Å². The molecule has 0 aliphatic carbocycles. The summed E-state index contributed by atoms with van der Waals surface area (Å²) in [7, 11) is 0. The number of carboxylic acid groups (broad SMARTS) is 1. The fraction of sp³-hybridized carbons (Fsp3) is 0.533. The van der Waals surface area contributed by atoms with E-state index in [1.807, 2.05) is 44.7 Å². The lowest BCUT2D eigenvalue weighted by Crippen LogP contribution is -2.49. The van der Waals surface area contributed by atoms with Gasteiger partial charge in [-0.25, -0.2) is 4.79 Å². The van der Waals surface area contributed by atoms with Crippen LogP contribution in [0.25, 0.3) is 0 Å². The van der Waals surface area contributed by atoms with Crippen molar-refractivity contribution in [3.05, 3.63) is 34.9 Å². The Morgan fingerprint density at radius 3 is 1.94 bits per heavy atom. The van der Waals surface area contributed by atoms with Crippen LogP contribution in [0.2, 0.25) is 0 Å². The van der Waals surface area contributed by atoms with E-state index in [-0.39, 0.29) is 0 Å². The quantitative estimate of drug-likeness (QED) is 0.872. The molecule has 0 aliphatic rings. The van der Waals surface area contributed by atoms with Crippen molar-refractivity contribution >= 4 is 5.97 Å². The number of likely N-dealkylation sites (N-methyl/N-ethyl adjacent to an activating group) is 1. The van der Waals surface area contributed by atoms with Crippen molar-refractivity contribution in [1.29, 1.82) is 0 Å². The van der Waals surface area contributed by atoms with Crippen molar-refractivity contribution in [2.75, 3.05) is 13.1 Å². The number of benzene rings is 1. The molecular formula is C15H23NO2. The van der Waals surface area contributed by atoms with Gasteiger partial charge in [0.05, 0.1) is 0 Å². The number of hydrogen-bond acceptors (Lipinski definition) is 2. The smallest absolute Gasteiger partial charge is 0.328 e. The standard InChI is InChI=1S/C15H23NO2/c1-6-16(7-2)15(5,14(17)18)13-9-11(3)8-12(4)10-13/h8-10H,6-7H2,1-5H3,(H,17,18). The Morgan fingerprint density at radius 1 is 1.17 bits per heavy atom. The highest BCUT2D eigenvalue weighted by atomic mass is 16.4. The van der Waals surface area contributed by atoms with E-state index in [1.54, 1.807) is 6.92 Å². The van der Waals surface area contributed by atoms with Crippen LogP contribution in [-0.2, 0) is 10.3 Å². The lowest BCUT2D eigenvalue weighted by atomic mass is 9.87. The van der Waals surface area contributed by atoms with Crippen LogP contribution in [0, 0.1) is 13.8 Å². The number of nitrogens with zero attached hydrogens (tertiary/aromatic N) is 1. The van der Waals surface area contributed by atoms with E-state index in [1.165, 1.54) is 0 Å². The zero-order chi connectivity index (χ0) is 13.9. The highest BCUT2D eigenvalue weighted by Crippen LogP contribution is 2.30. The second-order valence-electron chi connectivity index (χ2n) is 4.93. The Kier molecular flexibility index (Phi) is 4.52. The van der Waals surface area contributed by atoms with Gasteiger partial charge in [0.1, 0.15) is 5.54 Å². The van der Waals surface area contributed by atoms with Gasteiger partial charge in [0.2, 0.25) is 0 Å². The van der Waals surface area contributed by atoms with Crippen LogP contribution >= 0.6 is 0 Å². The Labute approximate surface area is 109 Å². The van der Waals surface area contributed by atoms with Crippen LogP contribution in [0.1, 0.15) is 37.5 Å². The molecule has 1 rings (SSSR count). The highest BCUT2D eigenvalue weighted by molar-refractivity contribution is 5.80. The molecule has 0 heterocycles. The summed E-state index contributed by atoms with van der Waals surface area (Å²) in [6, 6.07) is 6.01. The van der Waals surface area contributed by atoms with Crippen molar-refractivity contribution in [3.63, 3.8) is 0 Å². The van der Waals surface area contributed by atoms with Crippen molar-refractivity contribution < 1.29 is 9.90 Å². The van der Waals surface area contributed by atoms with Crippen LogP contribution < -0.4 is 0 Å². The largest absolute Gasteiger partial charge is 0.480 e. The number of hydrogen-bond donors (Lipinski definition) is 1. The van der Waals surface area contributed by atoms with Gasteiger partial charge in [-0.05, 0) is 39.4 Å². The van der Waals surface area contributed by atoms with E-state index in [9.17, 15) is 9.90 Å². The summed E-state index contributed by atoms with van der Waals surface area (Å²) in [5.41, 5.74) is 2.10. The molecule has 0 fully saturated rings. The first kappa shape index (κ1) is 14.7. The topological polar surface area (TPSA) is 40.5 Å². The molecule has 0 bridgehead atoms. The molecule has 0 saturated carbocycles. The second kappa shape index (κ2) is 5.53. The molecular weight excluding hydrogens is 226 g/mol. The summed E-state index contributed by atoms with van der Waals surface area (Å²) in [4.78, 5) is 13.7. The monoisotopic (exact) mass is 249 g/mol. The Hall–Kier alpha value is -1.35. The highest BCUT2D eigenvalue weighted by Gasteiger charge is 2.40. The SMILES string of the molecule is CCN(CC)C(C)(C(=O)O)c1cc(C)cc(C)c1. The number of aryl methyl sites for hydroxylation is 2. The first-order valence-corrected chi connectivity index (χ1v) is 6.43. The summed E-state index contributed by atoms with van der Waals surface area (Å²) in [6.07, 6.45) is 0. The van der Waals surface area contributed by atoms with Gasteiger partial charge >= 0.3 is 5.97 Å². The maximum absolute atomic E-state index is 11.8. The third kappa shape index (κ3) is 2.56. The van der Waals surface area contributed by atoms with Crippen LogP contribution in [0.5, 0.6) is 0 Å². The molecule has 0 spiro atoms. The van der Waals surface area contributed by atoms with Crippen LogP contribution in [0.4, 0.5) is 0 Å². The molecule has 0 radical (unpaired) electrons. The van der Waals surface area contributed by atoms with Crippen molar-refractivity contribution in [1.82, 2.24) is 4.90 Å². The predicted octanol–water partition coefficient (Wildman–Crippen LogP) is 2.95. The average molecular weight is 249 g/mol. The Bertz CT molecular complexity index is 418. The van der Waals surface area contributed by atoms with Gasteiger partial charge in [0.15, 0.2) is 0 Å². The van der Waals surface area contributed by atoms with Gasteiger partial charge in [-0.1, -0.05) is 43.2 Å². The summed E-state index contributed by atoms with van der Waals surface area (Å²) in [5.74, 6) is -0.795. The minimum absolute atomic E-state index is 0.715. The maximum atomic E-state index is 11.8. The molecule has 1 atom stereocenters. The van der Waals surface area contributed by atoms with Gasteiger partial charge in [0, 0.05) is 0 Å². The van der Waals surface area contributed by atoms with Crippen LogP contribution in [0.3, 0.4) is 0 Å². The molecule has 0 amide bonds. The fourth-order valence-corrected chi connectivity index (χ4v) is 2.55. The second-order valence-corrected chi connectivity index (χ2v) is 4.93. The minimum atomic E-state index is -0.958. The van der Waals surface area contributed by atoms with Crippen LogP contribution in [-0.4, -0.2) is 29.1 Å². The predicted molar refractivity (Wildman–Crippen MR) is 73.8 cm³/mol. The van der Waals surface area contributed by atoms with E-state index in [4.69, 9.17) is 0 Å². The van der Waals surface area contributed by atoms with Gasteiger partial charge in [-0.15, -0.1) is 0 Å².